The highest BCUT2D eigenvalue weighted by molar-refractivity contribution is 5.49. The van der Waals surface area contributed by atoms with E-state index in [1.165, 1.54) is 0 Å². The Balaban J connectivity index is 2.22. The van der Waals surface area contributed by atoms with Crippen molar-refractivity contribution >= 4 is 6.29 Å². The topological polar surface area (TPSA) is 49.8 Å². The van der Waals surface area contributed by atoms with E-state index in [4.69, 9.17) is 9.84 Å². The molecular formula is C7H12O3. The van der Waals surface area contributed by atoms with Gasteiger partial charge in [-0.05, 0) is 13.3 Å². The summed E-state index contributed by atoms with van der Waals surface area (Å²) >= 11 is 0. The molecule has 58 valence electrons. The van der Waals surface area contributed by atoms with Gasteiger partial charge in [0.25, 0.3) is 0 Å². The molecule has 0 amide bonds. The summed E-state index contributed by atoms with van der Waals surface area (Å²) in [6.07, 6.45) is 2.09. The number of carbonyl (C=O) groups excluding carboxylic acids is 1. The van der Waals surface area contributed by atoms with Crippen molar-refractivity contribution < 1.29 is 14.6 Å². The van der Waals surface area contributed by atoms with Gasteiger partial charge in [-0.1, -0.05) is 0 Å². The maximum atomic E-state index is 9.96. The molecule has 1 fully saturated rings. The normalized spacial score (nSPS) is 37.6. The van der Waals surface area contributed by atoms with E-state index in [9.17, 15) is 4.79 Å². The monoisotopic (exact) mass is 144 g/mol. The van der Waals surface area contributed by atoms with Crippen LogP contribution in [0.2, 0.25) is 0 Å². The lowest BCUT2D eigenvalue weighted by Crippen LogP contribution is -2.12. The number of aldehydes is 1. The summed E-state index contributed by atoms with van der Waals surface area (Å²) in [5.41, 5.74) is -0.213. The van der Waals surface area contributed by atoms with Gasteiger partial charge in [-0.2, -0.15) is 0 Å². The van der Waals surface area contributed by atoms with Crippen LogP contribution in [0.15, 0.2) is 0 Å². The number of rotatable bonds is 4. The van der Waals surface area contributed by atoms with Gasteiger partial charge in [-0.3, -0.25) is 0 Å². The van der Waals surface area contributed by atoms with E-state index in [-0.39, 0.29) is 18.3 Å². The van der Waals surface area contributed by atoms with Crippen LogP contribution in [0.25, 0.3) is 0 Å². The average Bonchev–Trinajstić information content (AvgIpc) is 2.59. The average molecular weight is 144 g/mol. The SMILES string of the molecule is CC1(CCC=O)OC1CO. The molecule has 1 rings (SSSR count). The third-order valence-electron chi connectivity index (χ3n) is 1.96. The number of hydrogen-bond acceptors (Lipinski definition) is 3. The van der Waals surface area contributed by atoms with Crippen LogP contribution < -0.4 is 0 Å². The number of carbonyl (C=O) groups is 1. The molecule has 0 bridgehead atoms. The van der Waals surface area contributed by atoms with Crippen molar-refractivity contribution in [3.8, 4) is 0 Å². The highest BCUT2D eigenvalue weighted by Crippen LogP contribution is 2.39. The Kier molecular flexibility index (Phi) is 2.06. The minimum absolute atomic E-state index is 0.0348. The van der Waals surface area contributed by atoms with Gasteiger partial charge in [0.1, 0.15) is 12.4 Å². The molecule has 0 aromatic rings. The predicted molar refractivity (Wildman–Crippen MR) is 35.7 cm³/mol. The minimum Gasteiger partial charge on any atom is -0.394 e. The van der Waals surface area contributed by atoms with Gasteiger partial charge in [0.15, 0.2) is 0 Å². The number of epoxide rings is 1. The molecule has 3 nitrogen and oxygen atoms in total. The van der Waals surface area contributed by atoms with E-state index in [2.05, 4.69) is 0 Å². The number of aliphatic hydroxyl groups is 1. The van der Waals surface area contributed by atoms with Crippen LogP contribution in [-0.4, -0.2) is 29.7 Å². The standard InChI is InChI=1S/C7H12O3/c1-7(3-2-4-8)6(5-9)10-7/h4,6,9H,2-3,5H2,1H3. The Bertz CT molecular complexity index is 135. The third kappa shape index (κ3) is 1.36. The summed E-state index contributed by atoms with van der Waals surface area (Å²) in [6, 6.07) is 0. The van der Waals surface area contributed by atoms with Crippen LogP contribution in [0, 0.1) is 0 Å². The summed E-state index contributed by atoms with van der Waals surface area (Å²) < 4.78 is 5.15. The lowest BCUT2D eigenvalue weighted by Gasteiger charge is -1.99. The molecular weight excluding hydrogens is 132 g/mol. The largest absolute Gasteiger partial charge is 0.394 e. The molecule has 10 heavy (non-hydrogen) atoms. The van der Waals surface area contributed by atoms with E-state index in [0.717, 1.165) is 12.7 Å². The molecule has 2 atom stereocenters. The highest BCUT2D eigenvalue weighted by Gasteiger charge is 2.50. The molecule has 0 radical (unpaired) electrons. The fourth-order valence-corrected chi connectivity index (χ4v) is 1.09. The van der Waals surface area contributed by atoms with Crippen LogP contribution in [0.5, 0.6) is 0 Å². The van der Waals surface area contributed by atoms with Gasteiger partial charge in [0, 0.05) is 6.42 Å². The lowest BCUT2D eigenvalue weighted by atomic mass is 10.0. The molecule has 2 unspecified atom stereocenters. The second-order valence-electron chi connectivity index (χ2n) is 2.81. The van der Waals surface area contributed by atoms with Crippen molar-refractivity contribution in [3.63, 3.8) is 0 Å². The minimum atomic E-state index is -0.213. The van der Waals surface area contributed by atoms with Gasteiger partial charge in [0.2, 0.25) is 0 Å². The Morgan fingerprint density at radius 3 is 2.90 bits per heavy atom. The number of hydrogen-bond donors (Lipinski definition) is 1. The van der Waals surface area contributed by atoms with Crippen molar-refractivity contribution in [2.24, 2.45) is 0 Å². The van der Waals surface area contributed by atoms with Crippen LogP contribution >= 0.6 is 0 Å². The zero-order valence-electron chi connectivity index (χ0n) is 6.04. The smallest absolute Gasteiger partial charge is 0.120 e. The number of ether oxygens (including phenoxy) is 1. The van der Waals surface area contributed by atoms with Crippen molar-refractivity contribution in [2.45, 2.75) is 31.5 Å². The van der Waals surface area contributed by atoms with E-state index in [1.54, 1.807) is 0 Å². The fourth-order valence-electron chi connectivity index (χ4n) is 1.09. The maximum absolute atomic E-state index is 9.96. The number of aliphatic hydroxyl groups excluding tert-OH is 1. The van der Waals surface area contributed by atoms with Crippen LogP contribution in [0.4, 0.5) is 0 Å². The van der Waals surface area contributed by atoms with Gasteiger partial charge >= 0.3 is 0 Å². The molecule has 1 saturated heterocycles. The fraction of sp³-hybridized carbons (Fsp3) is 0.857. The molecule has 1 N–H and O–H groups in total. The second-order valence-corrected chi connectivity index (χ2v) is 2.81. The first-order valence-electron chi connectivity index (χ1n) is 3.45. The van der Waals surface area contributed by atoms with Crippen molar-refractivity contribution in [1.29, 1.82) is 0 Å². The molecule has 1 aliphatic heterocycles. The zero-order valence-corrected chi connectivity index (χ0v) is 6.04. The molecule has 0 saturated carbocycles. The highest BCUT2D eigenvalue weighted by atomic mass is 16.6. The summed E-state index contributed by atoms with van der Waals surface area (Å²) in [6.45, 7) is 1.98. The first-order chi connectivity index (χ1) is 4.73. The molecule has 0 spiro atoms. The van der Waals surface area contributed by atoms with E-state index in [1.807, 2.05) is 6.92 Å². The Hall–Kier alpha value is -0.410. The lowest BCUT2D eigenvalue weighted by molar-refractivity contribution is -0.108. The third-order valence-corrected chi connectivity index (χ3v) is 1.96. The maximum Gasteiger partial charge on any atom is 0.120 e. The van der Waals surface area contributed by atoms with Gasteiger partial charge in [-0.25, -0.2) is 0 Å². The first kappa shape index (κ1) is 7.69. The Labute approximate surface area is 60.0 Å². The van der Waals surface area contributed by atoms with Crippen LogP contribution in [-0.2, 0) is 9.53 Å². The van der Waals surface area contributed by atoms with E-state index in [0.29, 0.717) is 6.42 Å². The van der Waals surface area contributed by atoms with Crippen LogP contribution in [0.3, 0.4) is 0 Å². The van der Waals surface area contributed by atoms with Crippen molar-refractivity contribution in [1.82, 2.24) is 0 Å². The Morgan fingerprint density at radius 2 is 2.50 bits per heavy atom. The summed E-state index contributed by atoms with van der Waals surface area (Å²) in [7, 11) is 0. The second kappa shape index (κ2) is 2.68. The summed E-state index contributed by atoms with van der Waals surface area (Å²) in [4.78, 5) is 9.96. The predicted octanol–water partition coefficient (Wildman–Crippen LogP) is 0.115. The quantitative estimate of drug-likeness (QED) is 0.450. The first-order valence-corrected chi connectivity index (χ1v) is 3.45. The van der Waals surface area contributed by atoms with Crippen molar-refractivity contribution in [2.75, 3.05) is 6.61 Å². The van der Waals surface area contributed by atoms with Gasteiger partial charge < -0.3 is 14.6 Å². The summed E-state index contributed by atoms with van der Waals surface area (Å²) in [5.74, 6) is 0. The van der Waals surface area contributed by atoms with Crippen LogP contribution in [0.1, 0.15) is 19.8 Å². The molecule has 0 aliphatic carbocycles. The molecule has 1 heterocycles. The van der Waals surface area contributed by atoms with Gasteiger partial charge in [0.05, 0.1) is 12.2 Å². The Morgan fingerprint density at radius 1 is 1.80 bits per heavy atom. The molecule has 1 aliphatic rings. The van der Waals surface area contributed by atoms with Gasteiger partial charge in [-0.15, -0.1) is 0 Å². The van der Waals surface area contributed by atoms with Crippen molar-refractivity contribution in [3.05, 3.63) is 0 Å². The van der Waals surface area contributed by atoms with E-state index >= 15 is 0 Å². The molecule has 0 aromatic carbocycles. The summed E-state index contributed by atoms with van der Waals surface area (Å²) in [5, 5.41) is 8.63. The van der Waals surface area contributed by atoms with E-state index < -0.39 is 0 Å². The molecule has 0 aromatic heterocycles. The molecule has 3 heteroatoms. The zero-order chi connectivity index (χ0) is 7.61.